The van der Waals surface area contributed by atoms with Crippen LogP contribution in [0, 0.1) is 0 Å². The summed E-state index contributed by atoms with van der Waals surface area (Å²) in [5.74, 6) is -0.486. The summed E-state index contributed by atoms with van der Waals surface area (Å²) in [6.07, 6.45) is 17.0. The van der Waals surface area contributed by atoms with Gasteiger partial charge in [0.1, 0.15) is 0 Å². The lowest BCUT2D eigenvalue weighted by atomic mass is 10.0. The van der Waals surface area contributed by atoms with Gasteiger partial charge in [-0.1, -0.05) is 96.8 Å². The Kier molecular flexibility index (Phi) is 15.0. The normalized spacial score (nSPS) is 16.8. The summed E-state index contributed by atoms with van der Waals surface area (Å²) in [4.78, 5) is 15.8. The number of hydrogen-bond donors (Lipinski definition) is 0. The Hall–Kier alpha value is -1.77. The number of aliphatic imine (C=N–C) groups is 1. The van der Waals surface area contributed by atoms with Crippen LogP contribution >= 0.6 is 0 Å². The molecule has 35 heavy (non-hydrogen) atoms. The van der Waals surface area contributed by atoms with E-state index in [0.717, 1.165) is 25.3 Å². The molecule has 0 N–H and O–H groups in total. The lowest BCUT2D eigenvalue weighted by molar-refractivity contribution is -0.117. The molecule has 0 aromatic heterocycles. The first-order valence-corrected chi connectivity index (χ1v) is 14.8. The van der Waals surface area contributed by atoms with Gasteiger partial charge in [0.05, 0.1) is 23.3 Å². The second-order valence-electron chi connectivity index (χ2n) is 9.23. The Morgan fingerprint density at radius 2 is 1.26 bits per heavy atom. The van der Waals surface area contributed by atoms with E-state index in [1.807, 2.05) is 0 Å². The molecule has 0 fully saturated rings. The number of halogens is 3. The first kappa shape index (κ1) is 31.3. The Morgan fingerprint density at radius 3 is 1.69 bits per heavy atom. The van der Waals surface area contributed by atoms with Crippen LogP contribution in [0.5, 0.6) is 0 Å². The van der Waals surface area contributed by atoms with Gasteiger partial charge in [0.2, 0.25) is 5.91 Å². The number of unbranched alkanes of at least 4 members (excludes halogenated alkanes) is 14. The van der Waals surface area contributed by atoms with E-state index in [0.29, 0.717) is 18.8 Å². The Morgan fingerprint density at radius 1 is 0.800 bits per heavy atom. The molecule has 0 bridgehead atoms. The molecule has 1 amide bonds. The zero-order valence-corrected chi connectivity index (χ0v) is 22.0. The zero-order chi connectivity index (χ0) is 26.2. The summed E-state index contributed by atoms with van der Waals surface area (Å²) in [6.45, 7) is 2.24. The van der Waals surface area contributed by atoms with Gasteiger partial charge in [0.15, 0.2) is 0 Å². The molecule has 0 radical (unpaired) electrons. The van der Waals surface area contributed by atoms with E-state index in [9.17, 15) is 26.4 Å². The van der Waals surface area contributed by atoms with Crippen LogP contribution < -0.4 is 0 Å². The van der Waals surface area contributed by atoms with Crippen molar-refractivity contribution >= 4 is 27.4 Å². The average Bonchev–Trinajstić information content (AvgIpc) is 2.75. The first-order chi connectivity index (χ1) is 16.5. The fourth-order valence-corrected chi connectivity index (χ4v) is 4.44. The predicted octanol–water partition coefficient (Wildman–Crippen LogP) is 7.67. The summed E-state index contributed by atoms with van der Waals surface area (Å²) >= 11 is 0. The van der Waals surface area contributed by atoms with Crippen molar-refractivity contribution in [2.75, 3.05) is 6.26 Å². The number of rotatable bonds is 17. The van der Waals surface area contributed by atoms with Crippen LogP contribution in [0.3, 0.4) is 0 Å². The largest absolute Gasteiger partial charge is 0.418 e. The molecule has 5 nitrogen and oxygen atoms in total. The number of carbonyl (C=O) groups is 1. The molecule has 0 spiro atoms. The summed E-state index contributed by atoms with van der Waals surface area (Å²) < 4.78 is 65.4. The molecule has 1 aliphatic rings. The van der Waals surface area contributed by atoms with Crippen LogP contribution in [0.15, 0.2) is 33.2 Å². The smallest absolute Gasteiger partial charge is 0.273 e. The first-order valence-electron chi connectivity index (χ1n) is 12.9. The number of nitrogens with zero attached hydrogens (tertiary/aromatic N) is 2. The van der Waals surface area contributed by atoms with Crippen LogP contribution in [0.4, 0.5) is 13.2 Å². The van der Waals surface area contributed by atoms with Gasteiger partial charge in [0.25, 0.3) is 10.0 Å². The molecule has 0 aliphatic heterocycles. The highest BCUT2D eigenvalue weighted by atomic mass is 32.2. The van der Waals surface area contributed by atoms with Crippen molar-refractivity contribution in [3.63, 3.8) is 0 Å². The molecule has 0 aromatic rings. The second-order valence-corrected chi connectivity index (χ2v) is 10.9. The molecule has 9 heteroatoms. The third-order valence-electron chi connectivity index (χ3n) is 5.80. The summed E-state index contributed by atoms with van der Waals surface area (Å²) in [5.41, 5.74) is -2.10. The summed E-state index contributed by atoms with van der Waals surface area (Å²) in [7, 11) is -4.00. The van der Waals surface area contributed by atoms with E-state index < -0.39 is 33.4 Å². The number of sulfonamides is 1. The SMILES string of the molecule is CCCCCCCCCCCCCCCCCC(=O)N=C1C=C/C(=N/S(C)(=O)=O)C(C(F)(F)F)=C1. The van der Waals surface area contributed by atoms with Crippen molar-refractivity contribution in [3.8, 4) is 0 Å². The third kappa shape index (κ3) is 15.8. The standard InChI is InChI=1S/C26H41F3N2O3S/c1-3-4-5-6-7-8-9-10-11-12-13-14-15-16-17-18-25(32)30-22-19-20-24(31-35(2,33)34)23(21-22)26(27,28)29/h19-21H,3-18H2,1-2H3/b30-22?,31-24-. The van der Waals surface area contributed by atoms with Crippen LogP contribution in [0.2, 0.25) is 0 Å². The fourth-order valence-electron chi connectivity index (χ4n) is 3.93. The Bertz CT molecular complexity index is 873. The van der Waals surface area contributed by atoms with Gasteiger partial charge >= 0.3 is 6.18 Å². The molecule has 0 saturated carbocycles. The van der Waals surface area contributed by atoms with Crippen LogP contribution in [-0.2, 0) is 14.8 Å². The molecular weight excluding hydrogens is 477 g/mol. The number of allylic oxidation sites excluding steroid dienone is 4. The van der Waals surface area contributed by atoms with Crippen molar-refractivity contribution in [1.82, 2.24) is 0 Å². The molecule has 0 aromatic carbocycles. The topological polar surface area (TPSA) is 75.9 Å². The number of alkyl halides is 3. The van der Waals surface area contributed by atoms with Crippen molar-refractivity contribution < 1.29 is 26.4 Å². The lowest BCUT2D eigenvalue weighted by Gasteiger charge is -2.14. The predicted molar refractivity (Wildman–Crippen MR) is 138 cm³/mol. The van der Waals surface area contributed by atoms with Gasteiger partial charge in [-0.15, -0.1) is 0 Å². The molecule has 0 saturated heterocycles. The average molecular weight is 519 g/mol. The van der Waals surface area contributed by atoms with Crippen LogP contribution in [-0.4, -0.2) is 38.2 Å². The van der Waals surface area contributed by atoms with Gasteiger partial charge in [0, 0.05) is 6.42 Å². The number of hydrogen-bond acceptors (Lipinski definition) is 3. The van der Waals surface area contributed by atoms with Crippen molar-refractivity contribution in [1.29, 1.82) is 0 Å². The summed E-state index contributed by atoms with van der Waals surface area (Å²) in [5, 5.41) is 0. The maximum Gasteiger partial charge on any atom is 0.418 e. The monoisotopic (exact) mass is 518 g/mol. The number of amides is 1. The molecule has 0 unspecified atom stereocenters. The quantitative estimate of drug-likeness (QED) is 0.146. The van der Waals surface area contributed by atoms with E-state index in [1.165, 1.54) is 76.7 Å². The Balaban J connectivity index is 2.23. The fraction of sp³-hybridized carbons (Fsp3) is 0.731. The molecule has 1 aliphatic carbocycles. The second kappa shape index (κ2) is 16.8. The molecule has 0 heterocycles. The number of carbonyl (C=O) groups excluding carboxylic acids is 1. The maximum atomic E-state index is 13.3. The summed E-state index contributed by atoms with van der Waals surface area (Å²) in [6, 6.07) is 0. The van der Waals surface area contributed by atoms with Gasteiger partial charge in [-0.05, 0) is 24.6 Å². The molecule has 1 rings (SSSR count). The lowest BCUT2D eigenvalue weighted by Crippen LogP contribution is -2.23. The zero-order valence-electron chi connectivity index (χ0n) is 21.2. The molecular formula is C26H41F3N2O3S. The van der Waals surface area contributed by atoms with E-state index in [4.69, 9.17) is 0 Å². The van der Waals surface area contributed by atoms with Crippen molar-refractivity contribution in [2.45, 2.75) is 116 Å². The van der Waals surface area contributed by atoms with Gasteiger partial charge in [-0.25, -0.2) is 13.4 Å². The minimum atomic E-state index is -4.81. The van der Waals surface area contributed by atoms with E-state index in [1.54, 1.807) is 0 Å². The van der Waals surface area contributed by atoms with Crippen molar-refractivity contribution in [3.05, 3.63) is 23.8 Å². The minimum Gasteiger partial charge on any atom is -0.273 e. The van der Waals surface area contributed by atoms with Gasteiger partial charge < -0.3 is 0 Å². The van der Waals surface area contributed by atoms with E-state index in [-0.39, 0.29) is 12.1 Å². The highest BCUT2D eigenvalue weighted by molar-refractivity contribution is 7.89. The van der Waals surface area contributed by atoms with E-state index >= 15 is 0 Å². The van der Waals surface area contributed by atoms with Crippen LogP contribution in [0.25, 0.3) is 0 Å². The maximum absolute atomic E-state index is 13.3. The van der Waals surface area contributed by atoms with Crippen molar-refractivity contribution in [2.24, 2.45) is 9.39 Å². The molecule has 200 valence electrons. The Labute approximate surface area is 209 Å². The highest BCUT2D eigenvalue weighted by Gasteiger charge is 2.38. The third-order valence-corrected chi connectivity index (χ3v) is 6.33. The highest BCUT2D eigenvalue weighted by Crippen LogP contribution is 2.29. The molecule has 0 atom stereocenters. The van der Waals surface area contributed by atoms with Gasteiger partial charge in [-0.3, -0.25) is 4.79 Å². The van der Waals surface area contributed by atoms with E-state index in [2.05, 4.69) is 16.3 Å². The van der Waals surface area contributed by atoms with Gasteiger partial charge in [-0.2, -0.15) is 17.6 Å². The minimum absolute atomic E-state index is 0.157. The van der Waals surface area contributed by atoms with Crippen LogP contribution in [0.1, 0.15) is 110 Å².